The van der Waals surface area contributed by atoms with Crippen molar-refractivity contribution >= 4 is 17.3 Å². The summed E-state index contributed by atoms with van der Waals surface area (Å²) >= 11 is 0. The van der Waals surface area contributed by atoms with Crippen LogP contribution in [0.2, 0.25) is 0 Å². The molecule has 8 nitrogen and oxygen atoms in total. The molecule has 0 saturated carbocycles. The zero-order valence-electron chi connectivity index (χ0n) is 13.8. The number of nitrogens with zero attached hydrogens (tertiary/aromatic N) is 2. The van der Waals surface area contributed by atoms with Crippen LogP contribution in [0.25, 0.3) is 0 Å². The first-order valence-corrected chi connectivity index (χ1v) is 7.56. The topological polar surface area (TPSA) is 115 Å². The van der Waals surface area contributed by atoms with E-state index in [9.17, 15) is 25.0 Å². The third-order valence-corrected chi connectivity index (χ3v) is 3.63. The summed E-state index contributed by atoms with van der Waals surface area (Å²) in [6, 6.07) is 10.5. The largest absolute Gasteiger partial charge is 0.349 e. The first-order valence-electron chi connectivity index (χ1n) is 7.56. The molecule has 0 aromatic heterocycles. The maximum atomic E-state index is 12.3. The van der Waals surface area contributed by atoms with E-state index in [-0.39, 0.29) is 11.6 Å². The van der Waals surface area contributed by atoms with Gasteiger partial charge in [-0.1, -0.05) is 29.8 Å². The van der Waals surface area contributed by atoms with Crippen LogP contribution in [0.4, 0.5) is 11.4 Å². The SMILES string of the molecule is Cc1ccc(C[C@@H](C)NC(=O)c2cc([N+](=O)[O-])cc([N+](=O)[O-])c2)cc1. The number of hydrogen-bond acceptors (Lipinski definition) is 5. The molecular weight excluding hydrogens is 326 g/mol. The summed E-state index contributed by atoms with van der Waals surface area (Å²) < 4.78 is 0. The van der Waals surface area contributed by atoms with Gasteiger partial charge in [0.25, 0.3) is 17.3 Å². The van der Waals surface area contributed by atoms with Crippen LogP contribution in [0.3, 0.4) is 0 Å². The van der Waals surface area contributed by atoms with Crippen LogP contribution < -0.4 is 5.32 Å². The van der Waals surface area contributed by atoms with E-state index in [1.807, 2.05) is 31.2 Å². The molecule has 0 spiro atoms. The Morgan fingerprint density at radius 1 is 1.04 bits per heavy atom. The molecule has 1 atom stereocenters. The van der Waals surface area contributed by atoms with Crippen molar-refractivity contribution in [3.05, 3.63) is 79.4 Å². The number of amides is 1. The van der Waals surface area contributed by atoms with E-state index < -0.39 is 27.1 Å². The van der Waals surface area contributed by atoms with Gasteiger partial charge in [0.15, 0.2) is 0 Å². The molecule has 2 rings (SSSR count). The normalized spacial score (nSPS) is 11.6. The lowest BCUT2D eigenvalue weighted by Crippen LogP contribution is -2.34. The van der Waals surface area contributed by atoms with E-state index in [1.165, 1.54) is 0 Å². The molecule has 0 heterocycles. The Balaban J connectivity index is 2.15. The Labute approximate surface area is 143 Å². The van der Waals surface area contributed by atoms with E-state index in [1.54, 1.807) is 6.92 Å². The van der Waals surface area contributed by atoms with Crippen molar-refractivity contribution in [1.29, 1.82) is 0 Å². The minimum absolute atomic E-state index is 0.114. The number of nitro groups is 2. The average molecular weight is 343 g/mol. The number of hydrogen-bond donors (Lipinski definition) is 1. The lowest BCUT2D eigenvalue weighted by molar-refractivity contribution is -0.394. The second-order valence-electron chi connectivity index (χ2n) is 5.82. The van der Waals surface area contributed by atoms with Crippen LogP contribution in [0, 0.1) is 27.2 Å². The van der Waals surface area contributed by atoms with E-state index in [4.69, 9.17) is 0 Å². The second-order valence-corrected chi connectivity index (χ2v) is 5.82. The number of carbonyl (C=O) groups is 1. The van der Waals surface area contributed by atoms with Gasteiger partial charge in [-0.05, 0) is 25.8 Å². The van der Waals surface area contributed by atoms with E-state index >= 15 is 0 Å². The van der Waals surface area contributed by atoms with Gasteiger partial charge in [0.1, 0.15) is 0 Å². The molecule has 0 aliphatic rings. The highest BCUT2D eigenvalue weighted by molar-refractivity contribution is 5.95. The third-order valence-electron chi connectivity index (χ3n) is 3.63. The van der Waals surface area contributed by atoms with Crippen molar-refractivity contribution < 1.29 is 14.6 Å². The number of aryl methyl sites for hydroxylation is 1. The predicted molar refractivity (Wildman–Crippen MR) is 91.6 cm³/mol. The fraction of sp³-hybridized carbons (Fsp3) is 0.235. The summed E-state index contributed by atoms with van der Waals surface area (Å²) in [5, 5.41) is 24.5. The molecule has 0 bridgehead atoms. The van der Waals surface area contributed by atoms with Crippen LogP contribution in [-0.2, 0) is 6.42 Å². The number of non-ortho nitro benzene ring substituents is 2. The molecule has 8 heteroatoms. The monoisotopic (exact) mass is 343 g/mol. The summed E-state index contributed by atoms with van der Waals surface area (Å²) in [5.41, 5.74) is 1.06. The Hall–Kier alpha value is -3.29. The summed E-state index contributed by atoms with van der Waals surface area (Å²) in [6.45, 7) is 3.77. The minimum atomic E-state index is -0.764. The molecule has 0 unspecified atom stereocenters. The maximum absolute atomic E-state index is 12.3. The summed E-state index contributed by atoms with van der Waals surface area (Å²) in [5.74, 6) is -0.591. The molecular formula is C17H17N3O5. The predicted octanol–water partition coefficient (Wildman–Crippen LogP) is 3.17. The van der Waals surface area contributed by atoms with Gasteiger partial charge in [0.2, 0.25) is 0 Å². The Morgan fingerprint density at radius 2 is 1.56 bits per heavy atom. The van der Waals surface area contributed by atoms with Crippen LogP contribution in [-0.4, -0.2) is 21.8 Å². The van der Waals surface area contributed by atoms with Gasteiger partial charge in [-0.25, -0.2) is 0 Å². The molecule has 0 aliphatic carbocycles. The van der Waals surface area contributed by atoms with Gasteiger partial charge < -0.3 is 5.32 Å². The van der Waals surface area contributed by atoms with Crippen molar-refractivity contribution in [3.63, 3.8) is 0 Å². The van der Waals surface area contributed by atoms with Crippen molar-refractivity contribution in [2.75, 3.05) is 0 Å². The van der Waals surface area contributed by atoms with Crippen LogP contribution in [0.5, 0.6) is 0 Å². The highest BCUT2D eigenvalue weighted by Crippen LogP contribution is 2.22. The maximum Gasteiger partial charge on any atom is 0.277 e. The highest BCUT2D eigenvalue weighted by atomic mass is 16.6. The molecule has 2 aromatic carbocycles. The highest BCUT2D eigenvalue weighted by Gasteiger charge is 2.20. The fourth-order valence-electron chi connectivity index (χ4n) is 2.37. The molecule has 0 aliphatic heterocycles. The van der Waals surface area contributed by atoms with Gasteiger partial charge in [0.05, 0.1) is 21.5 Å². The van der Waals surface area contributed by atoms with Crippen molar-refractivity contribution in [3.8, 4) is 0 Å². The molecule has 130 valence electrons. The van der Waals surface area contributed by atoms with Crippen molar-refractivity contribution in [1.82, 2.24) is 5.32 Å². The zero-order chi connectivity index (χ0) is 18.6. The van der Waals surface area contributed by atoms with Gasteiger partial charge in [-0.2, -0.15) is 0 Å². The number of benzene rings is 2. The quantitative estimate of drug-likeness (QED) is 0.639. The van der Waals surface area contributed by atoms with Gasteiger partial charge in [-0.15, -0.1) is 0 Å². The molecule has 0 saturated heterocycles. The summed E-state index contributed by atoms with van der Waals surface area (Å²) in [7, 11) is 0. The molecule has 0 fully saturated rings. The molecule has 1 amide bonds. The molecule has 2 aromatic rings. The molecule has 0 radical (unpaired) electrons. The van der Waals surface area contributed by atoms with Crippen molar-refractivity contribution in [2.24, 2.45) is 0 Å². The lowest BCUT2D eigenvalue weighted by atomic mass is 10.0. The Kier molecular flexibility index (Phi) is 5.43. The Bertz CT molecular complexity index is 785. The van der Waals surface area contributed by atoms with Gasteiger partial charge in [-0.3, -0.25) is 25.0 Å². The lowest BCUT2D eigenvalue weighted by Gasteiger charge is -2.14. The van der Waals surface area contributed by atoms with E-state index in [0.717, 1.165) is 29.3 Å². The van der Waals surface area contributed by atoms with Crippen LogP contribution >= 0.6 is 0 Å². The van der Waals surface area contributed by atoms with Crippen LogP contribution in [0.15, 0.2) is 42.5 Å². The summed E-state index contributed by atoms with van der Waals surface area (Å²) in [6.07, 6.45) is 0.572. The zero-order valence-corrected chi connectivity index (χ0v) is 13.8. The minimum Gasteiger partial charge on any atom is -0.349 e. The van der Waals surface area contributed by atoms with Gasteiger partial charge >= 0.3 is 0 Å². The average Bonchev–Trinajstić information content (AvgIpc) is 2.56. The molecule has 1 N–H and O–H groups in total. The number of carbonyl (C=O) groups excluding carboxylic acids is 1. The number of rotatable bonds is 6. The van der Waals surface area contributed by atoms with Crippen molar-refractivity contribution in [2.45, 2.75) is 26.3 Å². The van der Waals surface area contributed by atoms with E-state index in [2.05, 4.69) is 5.32 Å². The first kappa shape index (κ1) is 18.1. The fourth-order valence-corrected chi connectivity index (χ4v) is 2.37. The van der Waals surface area contributed by atoms with Gasteiger partial charge in [0, 0.05) is 18.2 Å². The standard InChI is InChI=1S/C17H17N3O5/c1-11-3-5-13(6-4-11)7-12(2)18-17(21)14-8-15(19(22)23)10-16(9-14)20(24)25/h3-6,8-10,12H,7H2,1-2H3,(H,18,21)/t12-/m1/s1. The third kappa shape index (κ3) is 4.84. The molecule has 25 heavy (non-hydrogen) atoms. The van der Waals surface area contributed by atoms with E-state index in [0.29, 0.717) is 6.42 Å². The van der Waals surface area contributed by atoms with Crippen LogP contribution in [0.1, 0.15) is 28.4 Å². The summed E-state index contributed by atoms with van der Waals surface area (Å²) in [4.78, 5) is 32.5. The second kappa shape index (κ2) is 7.52. The Morgan fingerprint density at radius 3 is 2.04 bits per heavy atom. The first-order chi connectivity index (χ1) is 11.8. The number of nitrogens with one attached hydrogen (secondary N) is 1. The number of nitro benzene ring substituents is 2. The smallest absolute Gasteiger partial charge is 0.277 e.